The van der Waals surface area contributed by atoms with E-state index in [1.165, 1.54) is 0 Å². The molecule has 0 aliphatic rings. The number of aryl methyl sites for hydroxylation is 1. The first-order chi connectivity index (χ1) is 8.54. The van der Waals surface area contributed by atoms with E-state index in [1.807, 2.05) is 39.0 Å². The van der Waals surface area contributed by atoms with E-state index in [-0.39, 0.29) is 18.6 Å². The topological polar surface area (TPSA) is 61.4 Å². The van der Waals surface area contributed by atoms with Crippen molar-refractivity contribution in [2.75, 3.05) is 18.5 Å². The van der Waals surface area contributed by atoms with Gasteiger partial charge in [0.05, 0.1) is 0 Å². The quantitative estimate of drug-likeness (QED) is 0.751. The molecule has 0 spiro atoms. The van der Waals surface area contributed by atoms with Crippen LogP contribution < -0.4 is 10.6 Å². The predicted octanol–water partition coefficient (Wildman–Crippen LogP) is 2.44. The minimum Gasteiger partial charge on any atom is -0.396 e. The molecule has 1 atom stereocenters. The van der Waals surface area contributed by atoms with E-state index in [0.717, 1.165) is 16.8 Å². The van der Waals surface area contributed by atoms with E-state index in [9.17, 15) is 4.79 Å². The molecule has 1 aromatic rings. The highest BCUT2D eigenvalue weighted by atomic mass is 16.3. The number of amides is 2. The molecular weight excluding hydrogens is 228 g/mol. The molecule has 0 radical (unpaired) electrons. The molecule has 0 bridgehead atoms. The number of aliphatic hydroxyl groups excluding tert-OH is 1. The Morgan fingerprint density at radius 1 is 1.39 bits per heavy atom. The number of urea groups is 1. The molecule has 0 aliphatic carbocycles. The summed E-state index contributed by atoms with van der Waals surface area (Å²) in [5.41, 5.74) is 3.07. The maximum absolute atomic E-state index is 11.7. The maximum Gasteiger partial charge on any atom is 0.319 e. The SMILES string of the molecule is Cc1cccc(NC(=O)NCC(C)CCO)c1C. The number of hydrogen-bond donors (Lipinski definition) is 3. The van der Waals surface area contributed by atoms with Crippen molar-refractivity contribution >= 4 is 11.7 Å². The van der Waals surface area contributed by atoms with Gasteiger partial charge < -0.3 is 15.7 Å². The summed E-state index contributed by atoms with van der Waals surface area (Å²) >= 11 is 0. The summed E-state index contributed by atoms with van der Waals surface area (Å²) in [5.74, 6) is 0.277. The summed E-state index contributed by atoms with van der Waals surface area (Å²) in [6, 6.07) is 5.63. The third kappa shape index (κ3) is 4.37. The number of aliphatic hydroxyl groups is 1. The minimum atomic E-state index is -0.200. The first-order valence-corrected chi connectivity index (χ1v) is 6.26. The zero-order valence-corrected chi connectivity index (χ0v) is 11.3. The van der Waals surface area contributed by atoms with E-state index < -0.39 is 0 Å². The highest BCUT2D eigenvalue weighted by Gasteiger charge is 2.07. The lowest BCUT2D eigenvalue weighted by atomic mass is 10.1. The van der Waals surface area contributed by atoms with Gasteiger partial charge in [0.15, 0.2) is 0 Å². The van der Waals surface area contributed by atoms with Gasteiger partial charge in [-0.3, -0.25) is 0 Å². The van der Waals surface area contributed by atoms with Gasteiger partial charge >= 0.3 is 6.03 Å². The fourth-order valence-electron chi connectivity index (χ4n) is 1.64. The van der Waals surface area contributed by atoms with Crippen LogP contribution in [0.5, 0.6) is 0 Å². The van der Waals surface area contributed by atoms with E-state index in [0.29, 0.717) is 13.0 Å². The van der Waals surface area contributed by atoms with Crippen molar-refractivity contribution in [3.63, 3.8) is 0 Å². The summed E-state index contributed by atoms with van der Waals surface area (Å²) in [7, 11) is 0. The molecule has 100 valence electrons. The fourth-order valence-corrected chi connectivity index (χ4v) is 1.64. The van der Waals surface area contributed by atoms with Gasteiger partial charge in [-0.1, -0.05) is 19.1 Å². The Balaban J connectivity index is 2.47. The van der Waals surface area contributed by atoms with Gasteiger partial charge in [-0.15, -0.1) is 0 Å². The van der Waals surface area contributed by atoms with Crippen molar-refractivity contribution in [3.8, 4) is 0 Å². The molecule has 0 saturated carbocycles. The Labute approximate surface area is 108 Å². The molecule has 2 amide bonds. The van der Waals surface area contributed by atoms with Gasteiger partial charge in [0.25, 0.3) is 0 Å². The first-order valence-electron chi connectivity index (χ1n) is 6.26. The lowest BCUT2D eigenvalue weighted by Crippen LogP contribution is -2.32. The average Bonchev–Trinajstić information content (AvgIpc) is 2.33. The van der Waals surface area contributed by atoms with Crippen molar-refractivity contribution in [1.29, 1.82) is 0 Å². The van der Waals surface area contributed by atoms with Crippen molar-refractivity contribution < 1.29 is 9.90 Å². The molecule has 1 aromatic carbocycles. The third-order valence-corrected chi connectivity index (χ3v) is 3.09. The van der Waals surface area contributed by atoms with Crippen LogP contribution in [0.15, 0.2) is 18.2 Å². The van der Waals surface area contributed by atoms with Crippen molar-refractivity contribution in [2.24, 2.45) is 5.92 Å². The first kappa shape index (κ1) is 14.5. The molecule has 0 saturated heterocycles. The van der Waals surface area contributed by atoms with Crippen molar-refractivity contribution in [3.05, 3.63) is 29.3 Å². The fraction of sp³-hybridized carbons (Fsp3) is 0.500. The number of nitrogens with one attached hydrogen (secondary N) is 2. The molecule has 0 heterocycles. The molecule has 0 aromatic heterocycles. The second-order valence-corrected chi connectivity index (χ2v) is 4.70. The highest BCUT2D eigenvalue weighted by molar-refractivity contribution is 5.90. The second-order valence-electron chi connectivity index (χ2n) is 4.70. The van der Waals surface area contributed by atoms with E-state index in [4.69, 9.17) is 5.11 Å². The highest BCUT2D eigenvalue weighted by Crippen LogP contribution is 2.17. The Morgan fingerprint density at radius 3 is 2.78 bits per heavy atom. The number of carbonyl (C=O) groups is 1. The number of benzene rings is 1. The van der Waals surface area contributed by atoms with Gasteiger partial charge in [-0.05, 0) is 43.4 Å². The average molecular weight is 250 g/mol. The molecule has 4 heteroatoms. The van der Waals surface area contributed by atoms with Crippen LogP contribution in [0.3, 0.4) is 0 Å². The van der Waals surface area contributed by atoms with Gasteiger partial charge in [-0.2, -0.15) is 0 Å². The van der Waals surface area contributed by atoms with Crippen LogP contribution in [0.1, 0.15) is 24.5 Å². The lowest BCUT2D eigenvalue weighted by Gasteiger charge is -2.14. The number of hydrogen-bond acceptors (Lipinski definition) is 2. The van der Waals surface area contributed by atoms with E-state index >= 15 is 0 Å². The number of anilines is 1. The minimum absolute atomic E-state index is 0.154. The summed E-state index contributed by atoms with van der Waals surface area (Å²) in [5, 5.41) is 14.4. The summed E-state index contributed by atoms with van der Waals surface area (Å²) in [4.78, 5) is 11.7. The van der Waals surface area contributed by atoms with Crippen molar-refractivity contribution in [1.82, 2.24) is 5.32 Å². The van der Waals surface area contributed by atoms with Gasteiger partial charge in [-0.25, -0.2) is 4.79 Å². The molecular formula is C14H22N2O2. The van der Waals surface area contributed by atoms with E-state index in [1.54, 1.807) is 0 Å². The van der Waals surface area contributed by atoms with Crippen LogP contribution in [0.2, 0.25) is 0 Å². The Kier molecular flexibility index (Phi) is 5.65. The Hall–Kier alpha value is -1.55. The molecule has 1 unspecified atom stereocenters. The summed E-state index contributed by atoms with van der Waals surface area (Å²) in [6.07, 6.45) is 0.698. The monoisotopic (exact) mass is 250 g/mol. The zero-order valence-electron chi connectivity index (χ0n) is 11.3. The van der Waals surface area contributed by atoms with Crippen LogP contribution >= 0.6 is 0 Å². The molecule has 0 fully saturated rings. The maximum atomic E-state index is 11.7. The van der Waals surface area contributed by atoms with Crippen LogP contribution in [-0.2, 0) is 0 Å². The van der Waals surface area contributed by atoms with Crippen LogP contribution in [0.4, 0.5) is 10.5 Å². The van der Waals surface area contributed by atoms with Crippen LogP contribution in [0, 0.1) is 19.8 Å². The second kappa shape index (κ2) is 7.01. The smallest absolute Gasteiger partial charge is 0.319 e. The summed E-state index contributed by atoms with van der Waals surface area (Å²) in [6.45, 7) is 6.72. The van der Waals surface area contributed by atoms with Gasteiger partial charge in [0.1, 0.15) is 0 Å². The van der Waals surface area contributed by atoms with Crippen LogP contribution in [0.25, 0.3) is 0 Å². The number of rotatable bonds is 5. The normalized spacial score (nSPS) is 12.0. The molecule has 1 rings (SSSR count). The van der Waals surface area contributed by atoms with Gasteiger partial charge in [0, 0.05) is 18.8 Å². The Bertz CT molecular complexity index is 405. The third-order valence-electron chi connectivity index (χ3n) is 3.09. The zero-order chi connectivity index (χ0) is 13.5. The molecule has 3 N–H and O–H groups in total. The largest absolute Gasteiger partial charge is 0.396 e. The van der Waals surface area contributed by atoms with Crippen molar-refractivity contribution in [2.45, 2.75) is 27.2 Å². The van der Waals surface area contributed by atoms with E-state index in [2.05, 4.69) is 10.6 Å². The lowest BCUT2D eigenvalue weighted by molar-refractivity contribution is 0.243. The van der Waals surface area contributed by atoms with Crippen LogP contribution in [-0.4, -0.2) is 24.3 Å². The van der Waals surface area contributed by atoms with Gasteiger partial charge in [0.2, 0.25) is 0 Å². The molecule has 18 heavy (non-hydrogen) atoms. The predicted molar refractivity (Wildman–Crippen MR) is 73.8 cm³/mol. The number of carbonyl (C=O) groups excluding carboxylic acids is 1. The molecule has 0 aliphatic heterocycles. The summed E-state index contributed by atoms with van der Waals surface area (Å²) < 4.78 is 0. The standard InChI is InChI=1S/C14H22N2O2/c1-10(7-8-17)9-15-14(18)16-13-6-4-5-11(2)12(13)3/h4-6,10,17H,7-9H2,1-3H3,(H2,15,16,18). The Morgan fingerprint density at radius 2 is 2.11 bits per heavy atom. The molecule has 4 nitrogen and oxygen atoms in total.